The zero-order valence-electron chi connectivity index (χ0n) is 25.6. The Hall–Kier alpha value is -4.46. The molecule has 0 spiro atoms. The Morgan fingerprint density at radius 2 is 1.80 bits per heavy atom. The van der Waals surface area contributed by atoms with Crippen molar-refractivity contribution in [2.24, 2.45) is 0 Å². The predicted octanol–water partition coefficient (Wildman–Crippen LogP) is 3.64. The van der Waals surface area contributed by atoms with E-state index in [1.165, 1.54) is 20.3 Å². The number of carbonyl (C=O) groups excluding carboxylic acids is 1. The fraction of sp³-hybridized carbons (Fsp3) is 0.312. The molecule has 4 aromatic rings. The van der Waals surface area contributed by atoms with Crippen molar-refractivity contribution in [1.29, 1.82) is 0 Å². The summed E-state index contributed by atoms with van der Waals surface area (Å²) in [5.41, 5.74) is 2.50. The largest absolute Gasteiger partial charge is 0.497 e. The fourth-order valence-electron chi connectivity index (χ4n) is 5.17. The maximum atomic E-state index is 14.2. The average molecular weight is 667 g/mol. The molecule has 3 heterocycles. The molecule has 46 heavy (non-hydrogen) atoms. The van der Waals surface area contributed by atoms with E-state index in [-0.39, 0.29) is 28.0 Å². The van der Waals surface area contributed by atoms with Gasteiger partial charge in [-0.2, -0.15) is 4.98 Å². The third-order valence-electron chi connectivity index (χ3n) is 7.76. The lowest BCUT2D eigenvalue weighted by Gasteiger charge is -2.26. The van der Waals surface area contributed by atoms with Crippen LogP contribution >= 0.6 is 11.6 Å². The van der Waals surface area contributed by atoms with Gasteiger partial charge in [0.15, 0.2) is 9.84 Å². The quantitative estimate of drug-likeness (QED) is 0.215. The van der Waals surface area contributed by atoms with Gasteiger partial charge in [-0.05, 0) is 42.3 Å². The van der Waals surface area contributed by atoms with Crippen molar-refractivity contribution in [2.75, 3.05) is 62.5 Å². The highest BCUT2D eigenvalue weighted by Crippen LogP contribution is 2.38. The topological polar surface area (TPSA) is 145 Å². The van der Waals surface area contributed by atoms with E-state index in [0.29, 0.717) is 84.4 Å². The Kier molecular flexibility index (Phi) is 10.2. The standard InChI is InChI=1S/C32H35ClN6O6S/c1-4-28(40)36-23-7-5-21(6-8-23)9-11-39-30-22(17-26(31(39)41)25-18-24(44-2)19-27(45-3)29(25)33)20-35-32(37-30)34-10-12-38-13-15-46(42,43)16-14-38/h4-8,17-20H,1,9-16H2,2-3H3,(H,36,40)(H,34,35,37). The summed E-state index contributed by atoms with van der Waals surface area (Å²) in [7, 11) is 0.0595. The molecule has 14 heteroatoms. The van der Waals surface area contributed by atoms with Crippen molar-refractivity contribution >= 4 is 50.0 Å². The van der Waals surface area contributed by atoms with Gasteiger partial charge in [0.1, 0.15) is 17.1 Å². The summed E-state index contributed by atoms with van der Waals surface area (Å²) in [6.07, 6.45) is 3.35. The number of aromatic nitrogens is 3. The molecular weight excluding hydrogens is 632 g/mol. The Morgan fingerprint density at radius 3 is 2.48 bits per heavy atom. The van der Waals surface area contributed by atoms with Gasteiger partial charge in [0, 0.05) is 67.2 Å². The third-order valence-corrected chi connectivity index (χ3v) is 9.76. The third kappa shape index (κ3) is 7.66. The van der Waals surface area contributed by atoms with Crippen molar-refractivity contribution < 1.29 is 22.7 Å². The van der Waals surface area contributed by atoms with Crippen LogP contribution in [-0.2, 0) is 27.6 Å². The maximum Gasteiger partial charge on any atom is 0.260 e. The summed E-state index contributed by atoms with van der Waals surface area (Å²) in [4.78, 5) is 37.1. The van der Waals surface area contributed by atoms with E-state index >= 15 is 0 Å². The van der Waals surface area contributed by atoms with Crippen LogP contribution in [0.4, 0.5) is 11.6 Å². The summed E-state index contributed by atoms with van der Waals surface area (Å²) in [5.74, 6) is 1.21. The SMILES string of the molecule is C=CC(=O)Nc1ccc(CCn2c(=O)c(-c3cc(OC)cc(OC)c3Cl)cc3cnc(NCCN4CCS(=O)(=O)CC4)nc32)cc1. The normalized spacial score (nSPS) is 14.5. The first-order valence-electron chi connectivity index (χ1n) is 14.6. The molecular formula is C32H35ClN6O6S. The number of rotatable bonds is 12. The van der Waals surface area contributed by atoms with Crippen LogP contribution in [0.25, 0.3) is 22.2 Å². The van der Waals surface area contributed by atoms with E-state index in [0.717, 1.165) is 5.56 Å². The van der Waals surface area contributed by atoms with Gasteiger partial charge < -0.3 is 20.1 Å². The van der Waals surface area contributed by atoms with E-state index in [1.807, 2.05) is 12.1 Å². The molecule has 0 radical (unpaired) electrons. The van der Waals surface area contributed by atoms with Gasteiger partial charge in [-0.15, -0.1) is 0 Å². The highest BCUT2D eigenvalue weighted by atomic mass is 35.5. The van der Waals surface area contributed by atoms with E-state index in [1.54, 1.807) is 41.1 Å². The molecule has 2 aromatic heterocycles. The lowest BCUT2D eigenvalue weighted by Crippen LogP contribution is -2.42. The van der Waals surface area contributed by atoms with Crippen LogP contribution in [0.1, 0.15) is 5.56 Å². The highest BCUT2D eigenvalue weighted by molar-refractivity contribution is 7.91. The highest BCUT2D eigenvalue weighted by Gasteiger charge is 2.22. The molecule has 1 aliphatic heterocycles. The number of anilines is 2. The predicted molar refractivity (Wildman–Crippen MR) is 180 cm³/mol. The van der Waals surface area contributed by atoms with Crippen molar-refractivity contribution in [2.45, 2.75) is 13.0 Å². The van der Waals surface area contributed by atoms with Crippen LogP contribution in [0.5, 0.6) is 11.5 Å². The number of methoxy groups -OCH3 is 2. The fourth-order valence-corrected chi connectivity index (χ4v) is 6.73. The van der Waals surface area contributed by atoms with Gasteiger partial charge in [-0.1, -0.05) is 30.3 Å². The number of benzene rings is 2. The van der Waals surface area contributed by atoms with Gasteiger partial charge in [0.05, 0.1) is 30.7 Å². The second-order valence-corrected chi connectivity index (χ2v) is 13.4. The molecule has 0 saturated carbocycles. The first-order valence-corrected chi connectivity index (χ1v) is 16.8. The van der Waals surface area contributed by atoms with E-state index in [9.17, 15) is 18.0 Å². The number of sulfone groups is 1. The van der Waals surface area contributed by atoms with Gasteiger partial charge in [-0.25, -0.2) is 13.4 Å². The summed E-state index contributed by atoms with van der Waals surface area (Å²) >= 11 is 6.70. The first kappa shape index (κ1) is 32.9. The smallest absolute Gasteiger partial charge is 0.260 e. The molecule has 242 valence electrons. The second-order valence-electron chi connectivity index (χ2n) is 10.7. The van der Waals surface area contributed by atoms with Gasteiger partial charge in [-0.3, -0.25) is 19.1 Å². The molecule has 2 N–H and O–H groups in total. The Bertz CT molecular complexity index is 1920. The molecule has 1 amide bonds. The number of nitrogens with zero attached hydrogens (tertiary/aromatic N) is 4. The molecule has 1 fully saturated rings. The zero-order valence-corrected chi connectivity index (χ0v) is 27.2. The van der Waals surface area contributed by atoms with Crippen LogP contribution in [0.2, 0.25) is 5.02 Å². The van der Waals surface area contributed by atoms with E-state index in [2.05, 4.69) is 27.1 Å². The number of nitrogens with one attached hydrogen (secondary N) is 2. The molecule has 2 aromatic carbocycles. The summed E-state index contributed by atoms with van der Waals surface area (Å²) in [6.45, 7) is 5.87. The first-order chi connectivity index (χ1) is 22.1. The van der Waals surface area contributed by atoms with Crippen molar-refractivity contribution in [1.82, 2.24) is 19.4 Å². The van der Waals surface area contributed by atoms with Crippen LogP contribution < -0.4 is 25.7 Å². The Balaban J connectivity index is 1.47. The summed E-state index contributed by atoms with van der Waals surface area (Å²) < 4.78 is 36.0. The number of hydrogen-bond acceptors (Lipinski definition) is 10. The lowest BCUT2D eigenvalue weighted by molar-refractivity contribution is -0.111. The minimum atomic E-state index is -2.96. The zero-order chi connectivity index (χ0) is 32.8. The lowest BCUT2D eigenvalue weighted by atomic mass is 10.0. The summed E-state index contributed by atoms with van der Waals surface area (Å²) in [5, 5.41) is 6.84. The molecule has 0 atom stereocenters. The second kappa shape index (κ2) is 14.3. The molecule has 5 rings (SSSR count). The van der Waals surface area contributed by atoms with Crippen LogP contribution in [0.3, 0.4) is 0 Å². The van der Waals surface area contributed by atoms with Gasteiger partial charge in [0.2, 0.25) is 11.9 Å². The minimum Gasteiger partial charge on any atom is -0.497 e. The summed E-state index contributed by atoms with van der Waals surface area (Å²) in [6, 6.07) is 12.4. The average Bonchev–Trinajstić information content (AvgIpc) is 3.05. The Morgan fingerprint density at radius 1 is 1.07 bits per heavy atom. The molecule has 0 unspecified atom stereocenters. The monoisotopic (exact) mass is 666 g/mol. The van der Waals surface area contributed by atoms with Crippen LogP contribution in [0.15, 0.2) is 66.1 Å². The number of pyridine rings is 1. The molecule has 0 aliphatic carbocycles. The van der Waals surface area contributed by atoms with Crippen molar-refractivity contribution in [3.8, 4) is 22.6 Å². The van der Waals surface area contributed by atoms with E-state index in [4.69, 9.17) is 26.1 Å². The number of carbonyl (C=O) groups is 1. The van der Waals surface area contributed by atoms with Gasteiger partial charge >= 0.3 is 0 Å². The van der Waals surface area contributed by atoms with Crippen LogP contribution in [-0.4, -0.2) is 85.7 Å². The minimum absolute atomic E-state index is 0.156. The van der Waals surface area contributed by atoms with Crippen LogP contribution in [0, 0.1) is 0 Å². The number of ether oxygens (including phenoxy) is 2. The van der Waals surface area contributed by atoms with Crippen molar-refractivity contribution in [3.05, 3.63) is 82.3 Å². The van der Waals surface area contributed by atoms with Crippen molar-refractivity contribution in [3.63, 3.8) is 0 Å². The number of fused-ring (bicyclic) bond motifs is 1. The van der Waals surface area contributed by atoms with E-state index < -0.39 is 9.84 Å². The molecule has 0 bridgehead atoms. The van der Waals surface area contributed by atoms with Gasteiger partial charge in [0.25, 0.3) is 5.56 Å². The number of halogens is 1. The molecule has 1 saturated heterocycles. The number of aryl methyl sites for hydroxylation is 2. The number of hydrogen-bond donors (Lipinski definition) is 2. The Labute approximate surface area is 271 Å². The maximum absolute atomic E-state index is 14.2. The molecule has 1 aliphatic rings. The molecule has 12 nitrogen and oxygen atoms in total. The number of amides is 1.